The van der Waals surface area contributed by atoms with Gasteiger partial charge in [0.2, 0.25) is 0 Å². The summed E-state index contributed by atoms with van der Waals surface area (Å²) in [7, 11) is 0. The molecule has 10 fully saturated rings. The number of aryl methyl sites for hydroxylation is 1. The molecular weight excluding hydrogens is 1350 g/mol. The molecule has 1 spiro atoms. The summed E-state index contributed by atoms with van der Waals surface area (Å²) in [5.41, 5.74) is 5.71. The fourth-order valence-corrected chi connectivity index (χ4v) is 29.0. The molecule has 586 valence electrons. The second-order valence-corrected chi connectivity index (χ2v) is 39.3. The van der Waals surface area contributed by atoms with Crippen LogP contribution in [0, 0.1) is 97.6 Å². The van der Waals surface area contributed by atoms with E-state index in [-0.39, 0.29) is 36.9 Å². The number of cyclic esters (lactones) is 1. The van der Waals surface area contributed by atoms with E-state index in [4.69, 9.17) is 13.9 Å². The van der Waals surface area contributed by atoms with E-state index in [1.54, 1.807) is 25.5 Å². The summed E-state index contributed by atoms with van der Waals surface area (Å²) < 4.78 is 17.3. The number of rotatable bonds is 7. The van der Waals surface area contributed by atoms with E-state index < -0.39 is 57.5 Å². The van der Waals surface area contributed by atoms with Crippen LogP contribution >= 0.6 is 0 Å². The second kappa shape index (κ2) is 28.0. The minimum atomic E-state index is -1.75. The van der Waals surface area contributed by atoms with E-state index in [1.807, 2.05) is 58.2 Å². The summed E-state index contributed by atoms with van der Waals surface area (Å²) >= 11 is 0. The topological polar surface area (TPSA) is 204 Å². The van der Waals surface area contributed by atoms with Crippen molar-refractivity contribution in [2.75, 3.05) is 0 Å². The molecule has 12 heteroatoms. The normalized spacial score (nSPS) is 44.8. The lowest BCUT2D eigenvalue weighted by atomic mass is 9.44. The number of esters is 1. The zero-order valence-electron chi connectivity index (χ0n) is 66.1. The molecule has 6 N–H and O–H groups in total. The van der Waals surface area contributed by atoms with Crippen molar-refractivity contribution in [2.24, 2.45) is 97.6 Å². The van der Waals surface area contributed by atoms with Crippen LogP contribution in [0.5, 0.6) is 5.75 Å². The first-order valence-electron chi connectivity index (χ1n) is 42.3. The van der Waals surface area contributed by atoms with Crippen molar-refractivity contribution < 1.29 is 58.9 Å². The maximum Gasteiger partial charge on any atom is 0.334 e. The Morgan fingerprint density at radius 1 is 0.750 bits per heavy atom. The van der Waals surface area contributed by atoms with Crippen molar-refractivity contribution in [3.63, 3.8) is 0 Å². The highest BCUT2D eigenvalue weighted by molar-refractivity contribution is 5.98. The molecule has 10 saturated carbocycles. The average molecular weight is 1480 g/mol. The Kier molecular flexibility index (Phi) is 20.2. The van der Waals surface area contributed by atoms with Crippen LogP contribution in [0.2, 0.25) is 0 Å². The van der Waals surface area contributed by atoms with Gasteiger partial charge in [0, 0.05) is 28.9 Å². The summed E-state index contributed by atoms with van der Waals surface area (Å²) in [6.07, 6.45) is 39.8. The molecule has 3 aromatic rings. The number of carbonyl (C=O) groups is 3. The lowest BCUT2D eigenvalue weighted by Crippen LogP contribution is -2.72. The highest BCUT2D eigenvalue weighted by Gasteiger charge is 2.77. The van der Waals surface area contributed by atoms with Gasteiger partial charge in [0.25, 0.3) is 0 Å². The van der Waals surface area contributed by atoms with Gasteiger partial charge in [-0.25, -0.2) is 4.79 Å². The van der Waals surface area contributed by atoms with Crippen molar-refractivity contribution in [3.05, 3.63) is 154 Å². The molecule has 2 heterocycles. The second-order valence-electron chi connectivity index (χ2n) is 39.3. The average Bonchev–Trinajstić information content (AvgIpc) is 1.45. The Labute approximate surface area is 645 Å². The van der Waals surface area contributed by atoms with Gasteiger partial charge >= 0.3 is 5.97 Å². The van der Waals surface area contributed by atoms with Gasteiger partial charge < -0.3 is 44.5 Å². The Bertz CT molecular complexity index is 4150. The zero-order valence-corrected chi connectivity index (χ0v) is 66.1. The quantitative estimate of drug-likeness (QED) is 0.0966. The van der Waals surface area contributed by atoms with Crippen LogP contribution in [0.1, 0.15) is 283 Å². The van der Waals surface area contributed by atoms with Gasteiger partial charge in [0.1, 0.15) is 41.2 Å². The largest absolute Gasteiger partial charge is 0.489 e. The zero-order chi connectivity index (χ0) is 75.6. The van der Waals surface area contributed by atoms with E-state index in [0.29, 0.717) is 114 Å². The maximum atomic E-state index is 13.1. The number of fused-ring (bicyclic) bond motifs is 20. The molecule has 19 rings (SSSR count). The van der Waals surface area contributed by atoms with Gasteiger partial charge in [-0.1, -0.05) is 132 Å². The number of aliphatic hydroxyl groups excluding tert-OH is 2. The third kappa shape index (κ3) is 11.8. The summed E-state index contributed by atoms with van der Waals surface area (Å²) in [5.74, 6) is 8.55. The van der Waals surface area contributed by atoms with E-state index in [2.05, 4.69) is 95.0 Å². The van der Waals surface area contributed by atoms with Crippen molar-refractivity contribution in [1.82, 2.24) is 0 Å². The van der Waals surface area contributed by atoms with Crippen LogP contribution in [-0.4, -0.2) is 88.9 Å². The number of hydrogen-bond acceptors (Lipinski definition) is 12. The Morgan fingerprint density at radius 3 is 2.28 bits per heavy atom. The first-order valence-corrected chi connectivity index (χ1v) is 42.3. The third-order valence-corrected chi connectivity index (χ3v) is 35.3. The predicted octanol–water partition coefficient (Wildman–Crippen LogP) is 19.1. The summed E-state index contributed by atoms with van der Waals surface area (Å²) in [6.45, 7) is 25.3. The molecule has 2 bridgehead atoms. The fraction of sp³-hybridized carbons (Fsp3) is 0.677. The predicted molar refractivity (Wildman–Crippen MR) is 424 cm³/mol. The molecule has 16 aliphatic rings. The molecule has 12 nitrogen and oxygen atoms in total. The number of hydrogen-bond donors (Lipinski definition) is 6. The molecule has 0 amide bonds. The van der Waals surface area contributed by atoms with Crippen LogP contribution in [0.15, 0.2) is 130 Å². The molecule has 0 saturated heterocycles. The number of aliphatic hydroxyl groups is 6. The standard InChI is InChI=1S/C28H38O6.C24H28O3.C22H32O.C21H28O2.CH4/c1-16-15-22(34-23(30)17(16)2)26(5,31)28(33)14-13-27(32)20-10-9-18-7-6-8-21(29)25(18,4)19(20)11-12-24(27,28)3;25-23-13-22-20-8-6-16-12-17(27-14-15-4-2-1-3-5-15)7-9-18(16)19(20)10-11-21(22)24(23)26;1-14-9-11-21(3)16(13-14)5-6-17-19-8-7-18(15(2)23)22(19,4)12-10-20(17)21;1-3-21(22)13-20-10-6-16-15-8-11-23-17(15)7-9-19(16,2)18(20)5-4-14(21)12-20;/h6,8-9,19-20,22,31-33H,7,10-15H2,1-5H3;1-5,7,9,12,19-26H,6,8,10-11,13-14H2;13,17-20H,1,5-12H2,2-4H3;7-9,11,14,16,18,22H,3-6,10,12-13H2,1-2H3;1H4/t19?,20-,22+,24+,25+,26+,27-,28?;19?,20?,21?,22?,23-,24-;17?,18-,19?,20?,21+,22-;14-,16?,18?,19-,20+,21-;/m1111./s1. The Balaban J connectivity index is 0.000000116. The van der Waals surface area contributed by atoms with Crippen molar-refractivity contribution in [1.29, 1.82) is 0 Å². The highest BCUT2D eigenvalue weighted by atomic mass is 16.6. The minimum Gasteiger partial charge on any atom is -0.489 e. The first-order chi connectivity index (χ1) is 50.8. The van der Waals surface area contributed by atoms with E-state index in [1.165, 1.54) is 111 Å². The number of carbonyl (C=O) groups excluding carboxylic acids is 3. The van der Waals surface area contributed by atoms with E-state index >= 15 is 0 Å². The molecule has 2 aromatic carbocycles. The van der Waals surface area contributed by atoms with Gasteiger partial charge in [-0.15, -0.1) is 0 Å². The number of ketones is 2. The van der Waals surface area contributed by atoms with Crippen LogP contribution in [0.4, 0.5) is 0 Å². The molecular formula is C96H130O12. The van der Waals surface area contributed by atoms with Crippen LogP contribution < -0.4 is 4.74 Å². The maximum absolute atomic E-state index is 13.1. The van der Waals surface area contributed by atoms with E-state index in [0.717, 1.165) is 91.8 Å². The molecule has 15 aliphatic carbocycles. The van der Waals surface area contributed by atoms with Crippen LogP contribution in [-0.2, 0) is 32.1 Å². The Morgan fingerprint density at radius 2 is 1.52 bits per heavy atom. The van der Waals surface area contributed by atoms with Crippen molar-refractivity contribution in [2.45, 2.75) is 309 Å². The van der Waals surface area contributed by atoms with Gasteiger partial charge in [0.15, 0.2) is 5.78 Å². The van der Waals surface area contributed by atoms with Gasteiger partial charge in [-0.05, 0) is 341 Å². The molecule has 1 aromatic heterocycles. The van der Waals surface area contributed by atoms with Gasteiger partial charge in [0.05, 0.1) is 35.1 Å². The number of Topliss-reactive ketones (excluding diaryl/α,β-unsaturated/α-hetero) is 1. The summed E-state index contributed by atoms with van der Waals surface area (Å²) in [6, 6.07) is 19.1. The van der Waals surface area contributed by atoms with Crippen LogP contribution in [0.3, 0.4) is 0 Å². The number of ether oxygens (including phenoxy) is 2. The monoisotopic (exact) mass is 1470 g/mol. The van der Waals surface area contributed by atoms with Gasteiger partial charge in [-0.3, -0.25) is 9.59 Å². The number of benzene rings is 2. The third-order valence-electron chi connectivity index (χ3n) is 35.3. The number of allylic oxidation sites excluding steroid dienone is 8. The van der Waals surface area contributed by atoms with Crippen LogP contribution in [0.25, 0.3) is 6.08 Å². The SMILES string of the molecule is C.C=C1C=C2CCC3C(CC[C@@]4(C)C3CC[C@@H]4C(C)=O)[C@@]2(C)CC1.CC1=C(C)C(=O)O[C@H]([C@](C)(O)C2(O)CC[C@@]3(O)[C@@H]4CC=C5CC=CC(=O)[C@]5(C)C4CC[C@]23C)C1.CC[C@@]1(O)C[C@@]23CCC4c5ccoc5C=C[C@@]4(C)C2CC[C@@H]1C3.O[C@@H]1CC2C3CCc4cc(OCc5ccccc5)ccc4C3CCC2[C@H]1O. The molecule has 108 heavy (non-hydrogen) atoms. The van der Waals surface area contributed by atoms with Gasteiger partial charge in [-0.2, -0.15) is 0 Å². The van der Waals surface area contributed by atoms with Crippen molar-refractivity contribution >= 4 is 23.6 Å². The molecule has 26 atom stereocenters. The minimum absolute atomic E-state index is 0. The summed E-state index contributed by atoms with van der Waals surface area (Å²) in [5, 5.41) is 68.1. The lowest BCUT2D eigenvalue weighted by Gasteiger charge is -2.63. The molecule has 0 radical (unpaired) electrons. The molecule has 11 unspecified atom stereocenters. The molecule has 1 aliphatic heterocycles. The smallest absolute Gasteiger partial charge is 0.334 e. The van der Waals surface area contributed by atoms with Crippen molar-refractivity contribution in [3.8, 4) is 5.75 Å². The Hall–Kier alpha value is -5.47. The lowest BCUT2D eigenvalue weighted by molar-refractivity contribution is -0.279. The fourth-order valence-electron chi connectivity index (χ4n) is 29.0. The highest BCUT2D eigenvalue weighted by Crippen LogP contribution is 2.74. The summed E-state index contributed by atoms with van der Waals surface area (Å²) in [4.78, 5) is 37.7. The van der Waals surface area contributed by atoms with E-state index in [9.17, 15) is 45.0 Å². The first kappa shape index (κ1) is 77.8. The number of furan rings is 1.